The number of phosphoric acid groups is 1. The summed E-state index contributed by atoms with van der Waals surface area (Å²) in [6, 6.07) is 14.8. The zero-order chi connectivity index (χ0) is 37.5. The molecular formula is C38H60N5O8P. The molecule has 0 spiro atoms. The van der Waals surface area contributed by atoms with Crippen LogP contribution in [0.3, 0.4) is 0 Å². The molecule has 2 unspecified atom stereocenters. The molecule has 52 heavy (non-hydrogen) atoms. The molecule has 2 heterocycles. The second-order valence-corrected chi connectivity index (χ2v) is 14.8. The smallest absolute Gasteiger partial charge is 0.388 e. The molecule has 0 saturated carbocycles. The Kier molecular flexibility index (Phi) is 20.4. The Balaban J connectivity index is 1.41. The van der Waals surface area contributed by atoms with E-state index in [1.807, 2.05) is 36.4 Å². The van der Waals surface area contributed by atoms with Gasteiger partial charge in [-0.15, -0.1) is 0 Å². The summed E-state index contributed by atoms with van der Waals surface area (Å²) in [5.41, 5.74) is 5.88. The van der Waals surface area contributed by atoms with Crippen LogP contribution in [0.15, 0.2) is 48.8 Å². The molecule has 14 heteroatoms. The Morgan fingerprint density at radius 3 is 2.17 bits per heavy atom. The molecule has 3 rings (SSSR count). The summed E-state index contributed by atoms with van der Waals surface area (Å²) < 4.78 is 42.2. The Morgan fingerprint density at radius 1 is 0.923 bits per heavy atom. The molecule has 0 aliphatic rings. The molecule has 0 amide bonds. The van der Waals surface area contributed by atoms with Crippen molar-refractivity contribution in [1.29, 1.82) is 5.26 Å². The number of hydrogen-bond acceptors (Lipinski definition) is 11. The van der Waals surface area contributed by atoms with Crippen LogP contribution in [-0.2, 0) is 40.9 Å². The van der Waals surface area contributed by atoms with E-state index in [2.05, 4.69) is 17.0 Å². The van der Waals surface area contributed by atoms with Crippen molar-refractivity contribution in [3.63, 3.8) is 0 Å². The van der Waals surface area contributed by atoms with E-state index in [1.54, 1.807) is 12.1 Å². The number of rotatable bonds is 30. The van der Waals surface area contributed by atoms with Crippen LogP contribution < -0.4 is 5.73 Å². The monoisotopic (exact) mass is 745 g/mol. The first-order valence-corrected chi connectivity index (χ1v) is 20.3. The molecule has 0 fully saturated rings. The first-order valence-electron chi connectivity index (χ1n) is 18.8. The number of nitrogen functional groups attached to an aromatic ring is 1. The minimum absolute atomic E-state index is 0.0992. The van der Waals surface area contributed by atoms with Crippen molar-refractivity contribution in [3.8, 4) is 6.07 Å². The van der Waals surface area contributed by atoms with Gasteiger partial charge in [0.1, 0.15) is 36.7 Å². The van der Waals surface area contributed by atoms with Crippen molar-refractivity contribution in [2.24, 2.45) is 0 Å². The van der Waals surface area contributed by atoms with Gasteiger partial charge in [0.05, 0.1) is 19.8 Å². The third kappa shape index (κ3) is 15.6. The molecule has 13 nitrogen and oxygen atoms in total. The van der Waals surface area contributed by atoms with Gasteiger partial charge < -0.3 is 29.9 Å². The van der Waals surface area contributed by atoms with Gasteiger partial charge in [-0.25, -0.2) is 14.1 Å². The molecule has 0 aliphatic carbocycles. The lowest BCUT2D eigenvalue weighted by Crippen LogP contribution is -2.48. The minimum Gasteiger partial charge on any atom is -0.388 e. The number of nitrogens with two attached hydrogens (primary N) is 1. The fourth-order valence-electron chi connectivity index (χ4n) is 5.91. The second kappa shape index (κ2) is 24.4. The Morgan fingerprint density at radius 2 is 1.56 bits per heavy atom. The standard InChI is InChI=1S/C38H60N5O8P/c1-3-4-5-6-7-8-9-10-11-12-13-14-15-19-24-48-27-34(49-26-32-20-17-16-18-21-32)28-50-52(45,46)51-30-38(29-39,47-2)36(44)25-33-22-23-35-37(40)41-31-42-43(33)35/h16-18,20-23,31,34,36,44H,3-15,19,24-28,30H2,1-2H3,(H,45,46)(H2,40,41,42)/t34-,36-,38?/m0/s1. The summed E-state index contributed by atoms with van der Waals surface area (Å²) in [6.07, 6.45) is 16.9. The van der Waals surface area contributed by atoms with E-state index in [9.17, 15) is 19.8 Å². The predicted octanol–water partition coefficient (Wildman–Crippen LogP) is 7.34. The number of methoxy groups -OCH3 is 1. The second-order valence-electron chi connectivity index (χ2n) is 13.3. The molecule has 0 saturated heterocycles. The number of phosphoric ester groups is 1. The number of unbranched alkanes of at least 4 members (excludes halogenated alkanes) is 13. The first-order chi connectivity index (χ1) is 25.2. The Hall–Kier alpha value is -2.92. The number of fused-ring (bicyclic) bond motifs is 1. The molecule has 3 aromatic rings. The molecule has 2 aromatic heterocycles. The first kappa shape index (κ1) is 43.5. The summed E-state index contributed by atoms with van der Waals surface area (Å²) in [4.78, 5) is 14.5. The average Bonchev–Trinajstić information content (AvgIpc) is 3.56. The van der Waals surface area contributed by atoms with E-state index in [1.165, 1.54) is 95.0 Å². The maximum absolute atomic E-state index is 13.0. The molecule has 0 bridgehead atoms. The lowest BCUT2D eigenvalue weighted by Gasteiger charge is -2.30. The SMILES string of the molecule is CCCCCCCCCCCCCCCCOC[C@@H](COP(=O)(O)OCC(C#N)(OC)[C@@H](O)Cc1ccc2c(N)ncnn12)OCc1ccccc1. The van der Waals surface area contributed by atoms with Gasteiger partial charge >= 0.3 is 7.82 Å². The lowest BCUT2D eigenvalue weighted by molar-refractivity contribution is -0.0928. The molecular weight excluding hydrogens is 685 g/mol. The van der Waals surface area contributed by atoms with Crippen LogP contribution in [0.4, 0.5) is 5.82 Å². The van der Waals surface area contributed by atoms with Crippen LogP contribution in [-0.4, -0.2) is 75.9 Å². The van der Waals surface area contributed by atoms with Crippen molar-refractivity contribution in [3.05, 3.63) is 60.0 Å². The molecule has 1 aromatic carbocycles. The Bertz CT molecular complexity index is 1490. The van der Waals surface area contributed by atoms with E-state index < -0.39 is 32.2 Å². The number of nitriles is 1. The number of nitrogens with zero attached hydrogens (tertiary/aromatic N) is 4. The zero-order valence-corrected chi connectivity index (χ0v) is 32.0. The van der Waals surface area contributed by atoms with Crippen LogP contribution in [0.5, 0.6) is 0 Å². The average molecular weight is 746 g/mol. The normalized spacial score (nSPS) is 15.2. The van der Waals surface area contributed by atoms with Gasteiger partial charge in [-0.2, -0.15) is 10.4 Å². The number of benzene rings is 1. The maximum atomic E-state index is 13.0. The molecule has 0 aliphatic heterocycles. The van der Waals surface area contributed by atoms with Crippen LogP contribution in [0, 0.1) is 11.3 Å². The minimum atomic E-state index is -4.72. The number of hydrogen-bond donors (Lipinski definition) is 3. The quantitative estimate of drug-likeness (QED) is 0.0456. The summed E-state index contributed by atoms with van der Waals surface area (Å²) in [5.74, 6) is 0.252. The largest absolute Gasteiger partial charge is 0.472 e. The van der Waals surface area contributed by atoms with Gasteiger partial charge in [0.15, 0.2) is 5.82 Å². The summed E-state index contributed by atoms with van der Waals surface area (Å²) in [5, 5.41) is 25.2. The maximum Gasteiger partial charge on any atom is 0.472 e. The van der Waals surface area contributed by atoms with E-state index >= 15 is 0 Å². The molecule has 4 N–H and O–H groups in total. The van der Waals surface area contributed by atoms with Crippen LogP contribution in [0.1, 0.15) is 108 Å². The highest BCUT2D eigenvalue weighted by molar-refractivity contribution is 7.47. The van der Waals surface area contributed by atoms with Crippen LogP contribution >= 0.6 is 7.82 Å². The van der Waals surface area contributed by atoms with Crippen LogP contribution in [0.25, 0.3) is 5.52 Å². The van der Waals surface area contributed by atoms with Gasteiger partial charge in [0.25, 0.3) is 0 Å². The van der Waals surface area contributed by atoms with Crippen molar-refractivity contribution in [2.75, 3.05) is 39.3 Å². The lowest BCUT2D eigenvalue weighted by atomic mass is 9.95. The van der Waals surface area contributed by atoms with E-state index in [4.69, 9.17) is 29.0 Å². The summed E-state index contributed by atoms with van der Waals surface area (Å²) in [7, 11) is -3.51. The molecule has 290 valence electrons. The molecule has 4 atom stereocenters. The van der Waals surface area contributed by atoms with Crippen molar-refractivity contribution in [2.45, 2.75) is 128 Å². The zero-order valence-electron chi connectivity index (χ0n) is 31.1. The van der Waals surface area contributed by atoms with E-state index in [0.29, 0.717) is 17.8 Å². The topological polar surface area (TPSA) is 184 Å². The van der Waals surface area contributed by atoms with Gasteiger partial charge in [0, 0.05) is 25.8 Å². The number of ether oxygens (including phenoxy) is 3. The van der Waals surface area contributed by atoms with Gasteiger partial charge in [-0.3, -0.25) is 9.05 Å². The van der Waals surface area contributed by atoms with Gasteiger partial charge in [-0.1, -0.05) is 121 Å². The van der Waals surface area contributed by atoms with Gasteiger partial charge in [0.2, 0.25) is 5.60 Å². The molecule has 0 radical (unpaired) electrons. The Labute approximate surface area is 309 Å². The number of aliphatic hydroxyl groups excluding tert-OH is 1. The highest BCUT2D eigenvalue weighted by Crippen LogP contribution is 2.44. The third-order valence-electron chi connectivity index (χ3n) is 9.19. The van der Waals surface area contributed by atoms with E-state index in [0.717, 1.165) is 18.4 Å². The third-order valence-corrected chi connectivity index (χ3v) is 10.1. The number of aromatic nitrogens is 3. The van der Waals surface area contributed by atoms with Crippen molar-refractivity contribution < 1.29 is 37.8 Å². The van der Waals surface area contributed by atoms with Crippen molar-refractivity contribution >= 4 is 19.2 Å². The van der Waals surface area contributed by atoms with Crippen LogP contribution in [0.2, 0.25) is 0 Å². The summed E-state index contributed by atoms with van der Waals surface area (Å²) >= 11 is 0. The fourth-order valence-corrected chi connectivity index (χ4v) is 6.69. The highest BCUT2D eigenvalue weighted by atomic mass is 31.2. The predicted molar refractivity (Wildman–Crippen MR) is 200 cm³/mol. The summed E-state index contributed by atoms with van der Waals surface area (Å²) in [6.45, 7) is 2.16. The van der Waals surface area contributed by atoms with Crippen molar-refractivity contribution in [1.82, 2.24) is 14.6 Å². The number of anilines is 1. The number of aliphatic hydroxyl groups is 1. The van der Waals surface area contributed by atoms with Gasteiger partial charge in [-0.05, 0) is 24.1 Å². The fraction of sp³-hybridized carbons (Fsp3) is 0.658. The highest BCUT2D eigenvalue weighted by Gasteiger charge is 2.42. The van der Waals surface area contributed by atoms with E-state index in [-0.39, 0.29) is 32.1 Å².